The van der Waals surface area contributed by atoms with Crippen LogP contribution in [0.3, 0.4) is 0 Å². The molecule has 88 valence electrons. The smallest absolute Gasteiger partial charge is 0.258 e. The Bertz CT molecular complexity index is 396. The third kappa shape index (κ3) is 2.70. The van der Waals surface area contributed by atoms with Crippen LogP contribution >= 0.6 is 11.6 Å². The van der Waals surface area contributed by atoms with Crippen LogP contribution in [-0.4, -0.2) is 10.3 Å². The van der Waals surface area contributed by atoms with Gasteiger partial charge < -0.3 is 0 Å². The molecule has 5 heteroatoms. The van der Waals surface area contributed by atoms with E-state index >= 15 is 0 Å². The van der Waals surface area contributed by atoms with Crippen molar-refractivity contribution in [2.75, 3.05) is 0 Å². The van der Waals surface area contributed by atoms with Gasteiger partial charge in [-0.3, -0.25) is 10.1 Å². The van der Waals surface area contributed by atoms with Crippen molar-refractivity contribution in [3.63, 3.8) is 0 Å². The molecule has 0 aromatic heterocycles. The van der Waals surface area contributed by atoms with Gasteiger partial charge in [-0.2, -0.15) is 0 Å². The van der Waals surface area contributed by atoms with Gasteiger partial charge in [0.1, 0.15) is 5.82 Å². The molecule has 1 aromatic rings. The van der Waals surface area contributed by atoms with E-state index in [0.717, 1.165) is 6.07 Å². The molecular formula is C11H13ClFNO2. The second-order valence-corrected chi connectivity index (χ2v) is 4.34. The first kappa shape index (κ1) is 12.9. The summed E-state index contributed by atoms with van der Waals surface area (Å²) in [6, 6.07) is 3.48. The van der Waals surface area contributed by atoms with Crippen LogP contribution in [0.25, 0.3) is 0 Å². The predicted octanol–water partition coefficient (Wildman–Crippen LogP) is 3.85. The Hall–Kier alpha value is -1.16. The van der Waals surface area contributed by atoms with E-state index in [1.165, 1.54) is 12.1 Å². The Morgan fingerprint density at radius 1 is 1.56 bits per heavy atom. The fraction of sp³-hybridized carbons (Fsp3) is 0.455. The number of hydrogen-bond acceptors (Lipinski definition) is 2. The second kappa shape index (κ2) is 5.25. The molecule has 1 aromatic carbocycles. The summed E-state index contributed by atoms with van der Waals surface area (Å²) in [5, 5.41) is 10.5. The average molecular weight is 246 g/mol. The van der Waals surface area contributed by atoms with Crippen LogP contribution in [0.2, 0.25) is 0 Å². The fourth-order valence-corrected chi connectivity index (χ4v) is 2.09. The van der Waals surface area contributed by atoms with Crippen LogP contribution in [0, 0.1) is 15.9 Å². The fourth-order valence-electron chi connectivity index (χ4n) is 1.78. The van der Waals surface area contributed by atoms with Crippen molar-refractivity contribution in [2.45, 2.75) is 31.6 Å². The largest absolute Gasteiger partial charge is 0.273 e. The number of nitro groups is 1. The summed E-state index contributed by atoms with van der Waals surface area (Å²) in [4.78, 5) is 10.3. The van der Waals surface area contributed by atoms with Crippen molar-refractivity contribution < 1.29 is 9.31 Å². The molecule has 0 spiro atoms. The standard InChI is InChI=1S/C11H13ClFNO2/c1-3-9(7(2)12)10-6-8(13)4-5-11(10)14(15)16/h4-7,9H,3H2,1-2H3. The SMILES string of the molecule is CCC(c1cc(F)ccc1[N+](=O)[O-])C(C)Cl. The van der Waals surface area contributed by atoms with E-state index < -0.39 is 10.7 Å². The summed E-state index contributed by atoms with van der Waals surface area (Å²) < 4.78 is 13.1. The monoisotopic (exact) mass is 245 g/mol. The predicted molar refractivity (Wildman–Crippen MR) is 61.4 cm³/mol. The summed E-state index contributed by atoms with van der Waals surface area (Å²) >= 11 is 5.96. The number of rotatable bonds is 4. The van der Waals surface area contributed by atoms with E-state index in [1.54, 1.807) is 6.92 Å². The van der Waals surface area contributed by atoms with Crippen molar-refractivity contribution in [3.05, 3.63) is 39.7 Å². The van der Waals surface area contributed by atoms with Crippen molar-refractivity contribution >= 4 is 17.3 Å². The molecule has 0 bridgehead atoms. The average Bonchev–Trinajstić information content (AvgIpc) is 2.17. The molecule has 0 fully saturated rings. The topological polar surface area (TPSA) is 43.1 Å². The molecule has 16 heavy (non-hydrogen) atoms. The maximum Gasteiger partial charge on any atom is 0.273 e. The highest BCUT2D eigenvalue weighted by Gasteiger charge is 2.24. The van der Waals surface area contributed by atoms with Gasteiger partial charge in [-0.05, 0) is 25.5 Å². The van der Waals surface area contributed by atoms with Crippen LogP contribution in [0.1, 0.15) is 31.7 Å². The first-order valence-corrected chi connectivity index (χ1v) is 5.49. The molecule has 0 aliphatic carbocycles. The van der Waals surface area contributed by atoms with Crippen molar-refractivity contribution in [3.8, 4) is 0 Å². The van der Waals surface area contributed by atoms with E-state index in [4.69, 9.17) is 11.6 Å². The number of hydrogen-bond donors (Lipinski definition) is 0. The van der Waals surface area contributed by atoms with Crippen molar-refractivity contribution in [1.82, 2.24) is 0 Å². The van der Waals surface area contributed by atoms with Crippen LogP contribution in [0.5, 0.6) is 0 Å². The number of nitro benzene ring substituents is 1. The molecule has 0 aliphatic rings. The molecule has 2 unspecified atom stereocenters. The van der Waals surface area contributed by atoms with Crippen LogP contribution in [-0.2, 0) is 0 Å². The van der Waals surface area contributed by atoms with Gasteiger partial charge in [0.25, 0.3) is 5.69 Å². The quantitative estimate of drug-likeness (QED) is 0.459. The molecule has 0 N–H and O–H groups in total. The van der Waals surface area contributed by atoms with E-state index in [0.29, 0.717) is 12.0 Å². The Balaban J connectivity index is 3.27. The van der Waals surface area contributed by atoms with Gasteiger partial charge in [0, 0.05) is 22.9 Å². The highest BCUT2D eigenvalue weighted by Crippen LogP contribution is 2.33. The Labute approximate surface area is 98.4 Å². The second-order valence-electron chi connectivity index (χ2n) is 3.65. The van der Waals surface area contributed by atoms with E-state index in [9.17, 15) is 14.5 Å². The summed E-state index contributed by atoms with van der Waals surface area (Å²) in [5.74, 6) is -0.686. The number of halogens is 2. The van der Waals surface area contributed by atoms with Gasteiger partial charge in [0.05, 0.1) is 4.92 Å². The minimum atomic E-state index is -0.503. The maximum absolute atomic E-state index is 13.1. The Morgan fingerprint density at radius 3 is 2.62 bits per heavy atom. The first-order valence-electron chi connectivity index (χ1n) is 5.05. The van der Waals surface area contributed by atoms with Gasteiger partial charge >= 0.3 is 0 Å². The molecular weight excluding hydrogens is 233 g/mol. The van der Waals surface area contributed by atoms with Gasteiger partial charge in [-0.1, -0.05) is 6.92 Å². The van der Waals surface area contributed by atoms with Crippen molar-refractivity contribution in [1.29, 1.82) is 0 Å². The first-order chi connectivity index (χ1) is 7.47. The molecule has 0 saturated carbocycles. The number of benzene rings is 1. The zero-order valence-electron chi connectivity index (χ0n) is 9.11. The minimum absolute atomic E-state index is 0.0687. The van der Waals surface area contributed by atoms with E-state index in [2.05, 4.69) is 0 Å². The lowest BCUT2D eigenvalue weighted by atomic mass is 9.92. The van der Waals surface area contributed by atoms with Crippen LogP contribution in [0.4, 0.5) is 10.1 Å². The van der Waals surface area contributed by atoms with Crippen LogP contribution in [0.15, 0.2) is 18.2 Å². The molecule has 3 nitrogen and oxygen atoms in total. The third-order valence-corrected chi connectivity index (χ3v) is 2.88. The number of alkyl halides is 1. The molecule has 0 heterocycles. The molecule has 0 amide bonds. The third-order valence-electron chi connectivity index (χ3n) is 2.58. The summed E-state index contributed by atoms with van der Waals surface area (Å²) in [7, 11) is 0. The molecule has 0 saturated heterocycles. The molecule has 0 aliphatic heterocycles. The van der Waals surface area contributed by atoms with E-state index in [-0.39, 0.29) is 17.0 Å². The summed E-state index contributed by atoms with van der Waals surface area (Å²) in [5.41, 5.74) is 0.302. The maximum atomic E-state index is 13.1. The zero-order valence-corrected chi connectivity index (χ0v) is 9.87. The highest BCUT2D eigenvalue weighted by molar-refractivity contribution is 6.20. The Kier molecular flexibility index (Phi) is 4.24. The molecule has 0 radical (unpaired) electrons. The van der Waals surface area contributed by atoms with Gasteiger partial charge in [0.2, 0.25) is 0 Å². The van der Waals surface area contributed by atoms with Crippen LogP contribution < -0.4 is 0 Å². The van der Waals surface area contributed by atoms with Gasteiger partial charge in [0.15, 0.2) is 0 Å². The van der Waals surface area contributed by atoms with Gasteiger partial charge in [-0.25, -0.2) is 4.39 Å². The number of nitrogens with zero attached hydrogens (tertiary/aromatic N) is 1. The van der Waals surface area contributed by atoms with Gasteiger partial charge in [-0.15, -0.1) is 11.6 Å². The normalized spacial score (nSPS) is 14.5. The summed E-state index contributed by atoms with van der Waals surface area (Å²) in [6.07, 6.45) is 0.634. The lowest BCUT2D eigenvalue weighted by Crippen LogP contribution is -2.11. The highest BCUT2D eigenvalue weighted by atomic mass is 35.5. The zero-order chi connectivity index (χ0) is 12.3. The molecule has 1 rings (SSSR count). The van der Waals surface area contributed by atoms with Crippen molar-refractivity contribution in [2.24, 2.45) is 0 Å². The molecule has 2 atom stereocenters. The minimum Gasteiger partial charge on any atom is -0.258 e. The lowest BCUT2D eigenvalue weighted by molar-refractivity contribution is -0.385. The lowest BCUT2D eigenvalue weighted by Gasteiger charge is -2.17. The Morgan fingerprint density at radius 2 is 2.19 bits per heavy atom. The van der Waals surface area contributed by atoms with E-state index in [1.807, 2.05) is 6.92 Å². The summed E-state index contributed by atoms with van der Waals surface area (Å²) in [6.45, 7) is 3.63.